The van der Waals surface area contributed by atoms with E-state index in [1.807, 2.05) is 82.2 Å². The molecule has 0 aromatic heterocycles. The molecule has 512 valence electrons. The molecule has 0 aromatic rings. The zero-order valence-electron chi connectivity index (χ0n) is 57.6. The van der Waals surface area contributed by atoms with Crippen molar-refractivity contribution in [2.24, 2.45) is 54.4 Å². The summed E-state index contributed by atoms with van der Waals surface area (Å²) >= 11 is 0. The van der Waals surface area contributed by atoms with Crippen LogP contribution in [-0.2, 0) is 83.5 Å². The van der Waals surface area contributed by atoms with E-state index in [-0.39, 0.29) is 126 Å². The molecule has 2 fully saturated rings. The van der Waals surface area contributed by atoms with Crippen molar-refractivity contribution in [3.63, 3.8) is 0 Å². The summed E-state index contributed by atoms with van der Waals surface area (Å²) in [7, 11) is 0. The van der Waals surface area contributed by atoms with E-state index in [2.05, 4.69) is 20.8 Å². The first-order valence-electron chi connectivity index (χ1n) is 33.6. The molecule has 9 atom stereocenters. The Morgan fingerprint density at radius 3 is 1.50 bits per heavy atom. The second-order valence-electron chi connectivity index (χ2n) is 26.7. The third-order valence-electron chi connectivity index (χ3n) is 20.2. The van der Waals surface area contributed by atoms with Crippen LogP contribution in [0.5, 0.6) is 0 Å². The molecule has 0 amide bonds. The number of hydrogen-bond acceptors (Lipinski definition) is 19. The molecule has 6 aliphatic rings. The Morgan fingerprint density at radius 2 is 1.02 bits per heavy atom. The summed E-state index contributed by atoms with van der Waals surface area (Å²) in [5.41, 5.74) is -2.75. The van der Waals surface area contributed by atoms with Gasteiger partial charge in [-0.15, -0.1) is 0 Å². The maximum absolute atomic E-state index is 14.8. The molecule has 2 saturated heterocycles. The van der Waals surface area contributed by atoms with Crippen molar-refractivity contribution in [3.05, 3.63) is 52.8 Å². The minimum atomic E-state index is -1.51. The van der Waals surface area contributed by atoms with E-state index in [0.717, 1.165) is 44.9 Å². The van der Waals surface area contributed by atoms with E-state index in [1.54, 1.807) is 0 Å². The SMILES string of the molecule is CCCCOC(=O)CC[C@@H]1C2=NC(=C\C3=NC(=C(/C)C4=N[C@@](C)(C5[N-]/C(=C\2C)[C@](C)(CCC(=O)OCCCC)[C@H]5CC(=O)OCCCC)[C@@](C)(CC(=O)OCCCC)[C@@H]4CCC(=O)OCCCC)/[C@@]2(C)CC(=O)O[C@@]32CCC(=O)OCCCC)/C1(C)C.[C-]#N.[C-]#N.[Co+3]. The number of nitrogens with zero attached hydrogens (tertiary/aromatic N) is 6. The number of fused-ring (bicyclic) bond motifs is 9. The molecule has 0 N–H and O–H groups in total. The van der Waals surface area contributed by atoms with Crippen molar-refractivity contribution < 1.29 is 83.5 Å². The molecular formula is C71H105CoN6O14. The predicted octanol–water partition coefficient (Wildman–Crippen LogP) is 14.0. The topological polar surface area (TPSA) is 283 Å². The van der Waals surface area contributed by atoms with Crippen LogP contribution in [-0.4, -0.2) is 116 Å². The molecule has 92 heavy (non-hydrogen) atoms. The van der Waals surface area contributed by atoms with E-state index >= 15 is 0 Å². The van der Waals surface area contributed by atoms with Crippen LogP contribution in [0.15, 0.2) is 49.3 Å². The summed E-state index contributed by atoms with van der Waals surface area (Å²) in [4.78, 5) is 117. The monoisotopic (exact) mass is 1320 g/mol. The number of esters is 7. The smallest absolute Gasteiger partial charge is 0.682 e. The van der Waals surface area contributed by atoms with Gasteiger partial charge in [0, 0.05) is 78.3 Å². The van der Waals surface area contributed by atoms with Crippen LogP contribution in [0, 0.1) is 63.1 Å². The number of unbranched alkanes of at least 4 members (excludes halogenated alkanes) is 6. The molecule has 0 saturated carbocycles. The van der Waals surface area contributed by atoms with Crippen LogP contribution < -0.4 is 0 Å². The van der Waals surface area contributed by atoms with E-state index in [9.17, 15) is 33.6 Å². The molecule has 6 heterocycles. The van der Waals surface area contributed by atoms with Gasteiger partial charge in [-0.05, 0) is 114 Å². The van der Waals surface area contributed by atoms with Gasteiger partial charge in [0.15, 0.2) is 5.60 Å². The standard InChI is InChI=1S/C69H105N4O14.2CN.Co/c1-15-21-35-81-52(74)29-27-47-59-45(7)61-65(11,33-31-54(76)83-37-23-17-3)49(41-56(78)85-39-25-19-5)63(72-61)68(14)66(12,43-57(79)86-40-26-20-6)48(28-30-53(75)82-36-22-16-2)60(73-68)46(8)62-67(13)44-58(80)87-69(67,34-32-55(77)84-38-24-18-4)51(71-62)42-50(70-59)64(47,9)10;2*1-2;/h42,47-49,63H,15-41,43-44H2,1-14H3;;;/q3*-1;+3/t47-,48-,49+,63?,65-,66+,67-,68+,69+;;;/m1.../s1. The van der Waals surface area contributed by atoms with Crippen molar-refractivity contribution in [2.45, 2.75) is 262 Å². The molecule has 0 aromatic carbocycles. The van der Waals surface area contributed by atoms with Crippen molar-refractivity contribution in [3.8, 4) is 0 Å². The fourth-order valence-electron chi connectivity index (χ4n) is 14.4. The van der Waals surface area contributed by atoms with Gasteiger partial charge in [-0.3, -0.25) is 48.5 Å². The van der Waals surface area contributed by atoms with Gasteiger partial charge in [0.1, 0.15) is 0 Å². The molecule has 20 nitrogen and oxygen atoms in total. The Morgan fingerprint density at radius 1 is 0.587 bits per heavy atom. The van der Waals surface area contributed by atoms with Gasteiger partial charge in [0.2, 0.25) is 0 Å². The maximum Gasteiger partial charge on any atom is 3.00 e. The first kappa shape index (κ1) is 80.0. The molecule has 8 bridgehead atoms. The van der Waals surface area contributed by atoms with E-state index < -0.39 is 86.4 Å². The Labute approximate surface area is 558 Å². The molecule has 1 unspecified atom stereocenters. The summed E-state index contributed by atoms with van der Waals surface area (Å²) in [5.74, 6) is -4.84. The Kier molecular flexibility index (Phi) is 31.7. The number of ether oxygens (including phenoxy) is 7. The number of carbonyl (C=O) groups is 7. The number of rotatable bonds is 34. The zero-order chi connectivity index (χ0) is 68.0. The quantitative estimate of drug-likeness (QED) is 0.0250. The summed E-state index contributed by atoms with van der Waals surface area (Å²) < 4.78 is 42.0. The van der Waals surface area contributed by atoms with Crippen molar-refractivity contribution in [1.29, 1.82) is 10.5 Å². The van der Waals surface area contributed by atoms with Crippen LogP contribution in [0.4, 0.5) is 0 Å². The largest absolute Gasteiger partial charge is 3.00 e. The second kappa shape index (κ2) is 36.5. The minimum absolute atomic E-state index is 0. The van der Waals surface area contributed by atoms with Crippen LogP contribution in [0.3, 0.4) is 0 Å². The van der Waals surface area contributed by atoms with Crippen LogP contribution in [0.2, 0.25) is 0 Å². The zero-order valence-corrected chi connectivity index (χ0v) is 58.7. The number of hydrogen-bond donors (Lipinski definition) is 0. The van der Waals surface area contributed by atoms with Gasteiger partial charge in [-0.1, -0.05) is 114 Å². The summed E-state index contributed by atoms with van der Waals surface area (Å²) in [5, 5.41) is 18.4. The Bertz CT molecular complexity index is 2830. The molecule has 0 radical (unpaired) electrons. The summed E-state index contributed by atoms with van der Waals surface area (Å²) in [6, 6.07) is -0.903. The van der Waals surface area contributed by atoms with Crippen LogP contribution >= 0.6 is 0 Å². The average molecular weight is 1330 g/mol. The van der Waals surface area contributed by atoms with Gasteiger partial charge < -0.3 is 62.1 Å². The summed E-state index contributed by atoms with van der Waals surface area (Å²) in [6.07, 6.45) is 11.2. The van der Waals surface area contributed by atoms with Gasteiger partial charge in [-0.25, -0.2) is 0 Å². The van der Waals surface area contributed by atoms with E-state index in [4.69, 9.17) is 77.1 Å². The average Bonchev–Trinajstić information content (AvgIpc) is 1.53. The number of carbonyl (C=O) groups excluding carboxylic acids is 7. The van der Waals surface area contributed by atoms with Gasteiger partial charge in [0.25, 0.3) is 0 Å². The van der Waals surface area contributed by atoms with E-state index in [0.29, 0.717) is 90.5 Å². The van der Waals surface area contributed by atoms with Crippen molar-refractivity contribution >= 4 is 58.9 Å². The molecule has 0 spiro atoms. The first-order valence-corrected chi connectivity index (χ1v) is 33.6. The van der Waals surface area contributed by atoms with Crippen molar-refractivity contribution in [2.75, 3.05) is 39.6 Å². The fraction of sp³-hybridized carbons (Fsp3) is 0.746. The number of allylic oxidation sites excluding steroid dienone is 4. The Hall–Kier alpha value is -6.19. The van der Waals surface area contributed by atoms with Crippen molar-refractivity contribution in [1.82, 2.24) is 0 Å². The van der Waals surface area contributed by atoms with Crippen LogP contribution in [0.25, 0.3) is 5.32 Å². The molecule has 21 heteroatoms. The van der Waals surface area contributed by atoms with Gasteiger partial charge in [0.05, 0.1) is 74.8 Å². The molecular weight excluding hydrogens is 1220 g/mol. The minimum Gasteiger partial charge on any atom is -0.682 e. The summed E-state index contributed by atoms with van der Waals surface area (Å²) in [6.45, 7) is 39.1. The molecule has 6 aliphatic heterocycles. The van der Waals surface area contributed by atoms with Gasteiger partial charge >= 0.3 is 58.6 Å². The molecule has 6 rings (SSSR count). The fourth-order valence-corrected chi connectivity index (χ4v) is 14.4. The predicted molar refractivity (Wildman–Crippen MR) is 345 cm³/mol. The third kappa shape index (κ3) is 17.8. The van der Waals surface area contributed by atoms with Gasteiger partial charge in [-0.2, -0.15) is 5.70 Å². The van der Waals surface area contributed by atoms with Crippen LogP contribution in [0.1, 0.15) is 245 Å². The third-order valence-corrected chi connectivity index (χ3v) is 20.2. The number of aliphatic imine (C=N–C) groups is 3. The normalized spacial score (nSPS) is 29.1. The van der Waals surface area contributed by atoms with E-state index in [1.165, 1.54) is 0 Å². The Balaban J connectivity index is 0.00000433. The second-order valence-corrected chi connectivity index (χ2v) is 26.7. The molecule has 0 aliphatic carbocycles. The maximum atomic E-state index is 14.8. The first-order chi connectivity index (χ1) is 43.3.